The van der Waals surface area contributed by atoms with Crippen LogP contribution < -0.4 is 19.3 Å². The van der Waals surface area contributed by atoms with Crippen LogP contribution in [0.4, 0.5) is 11.4 Å². The highest BCUT2D eigenvalue weighted by Crippen LogP contribution is 2.29. The largest absolute Gasteiger partial charge is 0.497 e. The molecule has 0 unspecified atom stereocenters. The fourth-order valence-electron chi connectivity index (χ4n) is 3.46. The summed E-state index contributed by atoms with van der Waals surface area (Å²) in [6.45, 7) is 6.07. The number of nitrogens with zero attached hydrogens (tertiary/aromatic N) is 2. The van der Waals surface area contributed by atoms with Crippen LogP contribution in [0.5, 0.6) is 11.5 Å². The van der Waals surface area contributed by atoms with Crippen LogP contribution in [0.3, 0.4) is 0 Å². The summed E-state index contributed by atoms with van der Waals surface area (Å²) >= 11 is 0. The molecule has 0 spiro atoms. The molecule has 1 heterocycles. The van der Waals surface area contributed by atoms with Crippen LogP contribution in [0.2, 0.25) is 0 Å². The van der Waals surface area contributed by atoms with Crippen LogP contribution >= 0.6 is 0 Å². The zero-order valence-electron chi connectivity index (χ0n) is 16.7. The van der Waals surface area contributed by atoms with Gasteiger partial charge in [0, 0.05) is 11.6 Å². The Labute approximate surface area is 169 Å². The highest BCUT2D eigenvalue weighted by Gasteiger charge is 2.26. The third-order valence-corrected chi connectivity index (χ3v) is 5.17. The molecule has 2 aromatic carbocycles. The maximum absolute atomic E-state index is 11.5. The summed E-state index contributed by atoms with van der Waals surface area (Å²) in [5.41, 5.74) is 0.929. The number of hydrogen-bond donors (Lipinski definition) is 1. The molecular weight excluding hydrogens is 374 g/mol. The van der Waals surface area contributed by atoms with Gasteiger partial charge in [-0.2, -0.15) is 0 Å². The van der Waals surface area contributed by atoms with Crippen molar-refractivity contribution < 1.29 is 24.1 Å². The van der Waals surface area contributed by atoms with E-state index in [0.717, 1.165) is 44.2 Å². The van der Waals surface area contributed by atoms with Crippen molar-refractivity contribution in [3.63, 3.8) is 0 Å². The number of ketones is 1. The molecule has 0 radical (unpaired) electrons. The van der Waals surface area contributed by atoms with Gasteiger partial charge in [0.05, 0.1) is 38.2 Å². The van der Waals surface area contributed by atoms with Gasteiger partial charge in [0.2, 0.25) is 0 Å². The Morgan fingerprint density at radius 2 is 1.79 bits per heavy atom. The Bertz CT molecular complexity index is 861. The average molecular weight is 400 g/mol. The lowest BCUT2D eigenvalue weighted by molar-refractivity contribution is -0.900. The maximum atomic E-state index is 11.5. The first-order chi connectivity index (χ1) is 14.0. The van der Waals surface area contributed by atoms with E-state index in [1.807, 2.05) is 29.2 Å². The molecule has 1 saturated heterocycles. The number of methoxy groups -OCH3 is 1. The van der Waals surface area contributed by atoms with E-state index in [2.05, 4.69) is 0 Å². The number of rotatable bonds is 8. The van der Waals surface area contributed by atoms with E-state index in [9.17, 15) is 14.9 Å². The summed E-state index contributed by atoms with van der Waals surface area (Å²) in [4.78, 5) is 26.0. The summed E-state index contributed by atoms with van der Waals surface area (Å²) in [6.07, 6.45) is 0. The molecule has 29 heavy (non-hydrogen) atoms. The van der Waals surface area contributed by atoms with Crippen molar-refractivity contribution in [2.75, 3.05) is 51.3 Å². The number of carbonyl (C=O) groups is 1. The van der Waals surface area contributed by atoms with Crippen molar-refractivity contribution in [3.05, 3.63) is 58.1 Å². The quantitative estimate of drug-likeness (QED) is 0.411. The van der Waals surface area contributed by atoms with Gasteiger partial charge in [-0.1, -0.05) is 0 Å². The number of quaternary nitrogens is 1. The first-order valence-corrected chi connectivity index (χ1v) is 9.62. The molecule has 0 bridgehead atoms. The first-order valence-electron chi connectivity index (χ1n) is 9.62. The zero-order chi connectivity index (χ0) is 20.8. The highest BCUT2D eigenvalue weighted by molar-refractivity contribution is 5.95. The van der Waals surface area contributed by atoms with Crippen molar-refractivity contribution in [2.24, 2.45) is 0 Å². The van der Waals surface area contributed by atoms with Crippen molar-refractivity contribution in [1.82, 2.24) is 0 Å². The number of Topliss-reactive ketones (excluding diaryl/α,β-unsaturated/α-hetero) is 1. The Hall–Kier alpha value is -3.13. The molecule has 1 fully saturated rings. The molecule has 0 amide bonds. The third kappa shape index (κ3) is 5.23. The molecule has 3 rings (SSSR count). The molecule has 0 aliphatic carbocycles. The van der Waals surface area contributed by atoms with Crippen LogP contribution in [0.25, 0.3) is 0 Å². The number of nitro benzene ring substituents is 1. The monoisotopic (exact) mass is 400 g/mol. The minimum atomic E-state index is -0.413. The van der Waals surface area contributed by atoms with Crippen LogP contribution in [-0.4, -0.2) is 57.1 Å². The Morgan fingerprint density at radius 3 is 2.38 bits per heavy atom. The topological polar surface area (TPSA) is 86.3 Å². The zero-order valence-corrected chi connectivity index (χ0v) is 16.7. The van der Waals surface area contributed by atoms with Gasteiger partial charge in [-0.05, 0) is 43.3 Å². The van der Waals surface area contributed by atoms with E-state index in [0.29, 0.717) is 17.9 Å². The fraction of sp³-hybridized carbons (Fsp3) is 0.381. The number of nitrogens with one attached hydrogen (secondary N) is 1. The molecule has 1 aliphatic rings. The molecule has 8 nitrogen and oxygen atoms in total. The maximum Gasteiger partial charge on any atom is 0.293 e. The predicted octanol–water partition coefficient (Wildman–Crippen LogP) is 1.59. The lowest BCUT2D eigenvalue weighted by atomic mass is 10.1. The molecule has 0 atom stereocenters. The lowest BCUT2D eigenvalue weighted by Gasteiger charge is -2.33. The van der Waals surface area contributed by atoms with Gasteiger partial charge < -0.3 is 19.3 Å². The van der Waals surface area contributed by atoms with E-state index in [-0.39, 0.29) is 11.5 Å². The number of anilines is 1. The first kappa shape index (κ1) is 20.6. The third-order valence-electron chi connectivity index (χ3n) is 5.17. The van der Waals surface area contributed by atoms with Crippen LogP contribution in [0, 0.1) is 10.1 Å². The summed E-state index contributed by atoms with van der Waals surface area (Å²) in [5.74, 6) is 1.43. The SMILES string of the molecule is COc1ccc(OCC[NH+]2CCN(c3ccc(C(C)=O)cc3[N+](=O)[O-])CC2)cc1. The van der Waals surface area contributed by atoms with E-state index in [4.69, 9.17) is 9.47 Å². The van der Waals surface area contributed by atoms with Crippen LogP contribution in [0.1, 0.15) is 17.3 Å². The van der Waals surface area contributed by atoms with Crippen LogP contribution in [0.15, 0.2) is 42.5 Å². The van der Waals surface area contributed by atoms with Gasteiger partial charge in [-0.15, -0.1) is 0 Å². The van der Waals surface area contributed by atoms with Gasteiger partial charge in [-0.25, -0.2) is 0 Å². The standard InChI is InChI=1S/C21H25N3O5/c1-16(25)17-3-8-20(21(15-17)24(26)27)23-11-9-22(10-12-23)13-14-29-19-6-4-18(28-2)5-7-19/h3-8,15H,9-14H2,1-2H3/p+1. The van der Waals surface area contributed by atoms with E-state index in [1.54, 1.807) is 19.2 Å². The molecular formula is C21H26N3O5+. The van der Waals surface area contributed by atoms with Crippen molar-refractivity contribution in [1.29, 1.82) is 0 Å². The van der Waals surface area contributed by atoms with Gasteiger partial charge in [0.15, 0.2) is 5.78 Å². The second-order valence-electron chi connectivity index (χ2n) is 7.03. The molecule has 2 aromatic rings. The average Bonchev–Trinajstić information content (AvgIpc) is 2.74. The highest BCUT2D eigenvalue weighted by atomic mass is 16.6. The van der Waals surface area contributed by atoms with Gasteiger partial charge >= 0.3 is 0 Å². The number of hydrogen-bond acceptors (Lipinski definition) is 6. The molecule has 0 saturated carbocycles. The molecule has 1 N–H and O–H groups in total. The van der Waals surface area contributed by atoms with Crippen molar-refractivity contribution in [2.45, 2.75) is 6.92 Å². The van der Waals surface area contributed by atoms with Gasteiger partial charge in [0.1, 0.15) is 30.3 Å². The summed E-state index contributed by atoms with van der Waals surface area (Å²) < 4.78 is 10.9. The molecule has 0 aromatic heterocycles. The van der Waals surface area contributed by atoms with Crippen molar-refractivity contribution >= 4 is 17.2 Å². The van der Waals surface area contributed by atoms with Crippen molar-refractivity contribution in [3.8, 4) is 11.5 Å². The number of nitro groups is 1. The minimum Gasteiger partial charge on any atom is -0.497 e. The van der Waals surface area contributed by atoms with E-state index < -0.39 is 4.92 Å². The second-order valence-corrected chi connectivity index (χ2v) is 7.03. The van der Waals surface area contributed by atoms with Crippen LogP contribution in [-0.2, 0) is 0 Å². The predicted molar refractivity (Wildman–Crippen MR) is 109 cm³/mol. The lowest BCUT2D eigenvalue weighted by Crippen LogP contribution is -3.15. The molecule has 8 heteroatoms. The van der Waals surface area contributed by atoms with Gasteiger partial charge in [0.25, 0.3) is 5.69 Å². The number of carbonyl (C=O) groups excluding carboxylic acids is 1. The molecule has 1 aliphatic heterocycles. The Morgan fingerprint density at radius 1 is 1.14 bits per heavy atom. The van der Waals surface area contributed by atoms with E-state index in [1.165, 1.54) is 17.9 Å². The summed E-state index contributed by atoms with van der Waals surface area (Å²) in [7, 11) is 1.63. The number of piperazine rings is 1. The van der Waals surface area contributed by atoms with Gasteiger partial charge in [-0.3, -0.25) is 14.9 Å². The Balaban J connectivity index is 1.52. The fourth-order valence-corrected chi connectivity index (χ4v) is 3.46. The number of benzene rings is 2. The minimum absolute atomic E-state index is 0.0102. The second kappa shape index (κ2) is 9.38. The Kier molecular flexibility index (Phi) is 6.66. The molecule has 154 valence electrons. The normalized spacial score (nSPS) is 14.5. The number of ether oxygens (including phenoxy) is 2. The summed E-state index contributed by atoms with van der Waals surface area (Å²) in [6, 6.07) is 12.2. The summed E-state index contributed by atoms with van der Waals surface area (Å²) in [5, 5.41) is 11.5. The van der Waals surface area contributed by atoms with E-state index >= 15 is 0 Å². The smallest absolute Gasteiger partial charge is 0.293 e.